The van der Waals surface area contributed by atoms with Gasteiger partial charge in [0, 0.05) is 10.2 Å². The first-order valence-electron chi connectivity index (χ1n) is 4.93. The Balaban J connectivity index is 2.13. The molecule has 17 heavy (non-hydrogen) atoms. The quantitative estimate of drug-likeness (QED) is 0.855. The van der Waals surface area contributed by atoms with Crippen molar-refractivity contribution >= 4 is 44.5 Å². The second-order valence-corrected chi connectivity index (χ2v) is 4.78. The van der Waals surface area contributed by atoms with Crippen molar-refractivity contribution in [3.8, 4) is 0 Å². The molecule has 0 radical (unpaired) electrons. The fourth-order valence-electron chi connectivity index (χ4n) is 1.31. The molecule has 0 bridgehead atoms. The Hall–Kier alpha value is -1.46. The monoisotopic (exact) mass is 307 g/mol. The second-order valence-electron chi connectivity index (χ2n) is 3.43. The highest BCUT2D eigenvalue weighted by molar-refractivity contribution is 9.10. The number of rotatable bonds is 3. The van der Waals surface area contributed by atoms with Gasteiger partial charge in [-0.1, -0.05) is 28.1 Å². The molecule has 1 aromatic heterocycles. The second kappa shape index (κ2) is 5.25. The molecular formula is C12H10BrN3S. The Morgan fingerprint density at radius 3 is 2.29 bits per heavy atom. The summed E-state index contributed by atoms with van der Waals surface area (Å²) in [6.45, 7) is 0. The van der Waals surface area contributed by atoms with Crippen LogP contribution in [0.2, 0.25) is 0 Å². The van der Waals surface area contributed by atoms with Crippen molar-refractivity contribution < 1.29 is 0 Å². The van der Waals surface area contributed by atoms with Gasteiger partial charge in [0.15, 0.2) is 0 Å². The number of pyridine rings is 1. The van der Waals surface area contributed by atoms with E-state index in [9.17, 15) is 0 Å². The lowest BCUT2D eigenvalue weighted by Crippen LogP contribution is -2.11. The van der Waals surface area contributed by atoms with Gasteiger partial charge in [0.1, 0.15) is 4.99 Å². The molecule has 0 amide bonds. The number of hydrogen-bond donors (Lipinski definition) is 2. The van der Waals surface area contributed by atoms with Crippen LogP contribution < -0.4 is 11.1 Å². The van der Waals surface area contributed by atoms with E-state index in [1.807, 2.05) is 30.3 Å². The third kappa shape index (κ3) is 3.25. The molecule has 0 aliphatic rings. The van der Waals surface area contributed by atoms with Crippen LogP contribution in [-0.2, 0) is 0 Å². The van der Waals surface area contributed by atoms with E-state index in [4.69, 9.17) is 18.0 Å². The molecule has 0 aliphatic heterocycles. The van der Waals surface area contributed by atoms with Crippen molar-refractivity contribution in [2.24, 2.45) is 5.73 Å². The zero-order valence-electron chi connectivity index (χ0n) is 8.85. The molecule has 0 aliphatic carbocycles. The van der Waals surface area contributed by atoms with E-state index in [-0.39, 0.29) is 0 Å². The van der Waals surface area contributed by atoms with Crippen molar-refractivity contribution in [2.75, 3.05) is 5.32 Å². The maximum atomic E-state index is 5.48. The lowest BCUT2D eigenvalue weighted by molar-refractivity contribution is 1.29. The minimum absolute atomic E-state index is 0.306. The molecule has 1 heterocycles. The third-order valence-electron chi connectivity index (χ3n) is 2.15. The molecular weight excluding hydrogens is 298 g/mol. The van der Waals surface area contributed by atoms with E-state index < -0.39 is 0 Å². The van der Waals surface area contributed by atoms with Gasteiger partial charge in [-0.15, -0.1) is 0 Å². The van der Waals surface area contributed by atoms with E-state index >= 15 is 0 Å². The molecule has 0 fully saturated rings. The topological polar surface area (TPSA) is 50.9 Å². The molecule has 0 unspecified atom stereocenters. The minimum Gasteiger partial charge on any atom is -0.388 e. The fraction of sp³-hybridized carbons (Fsp3) is 0. The first-order chi connectivity index (χ1) is 8.15. The largest absolute Gasteiger partial charge is 0.388 e. The van der Waals surface area contributed by atoms with Crippen molar-refractivity contribution in [1.29, 1.82) is 0 Å². The van der Waals surface area contributed by atoms with E-state index in [1.54, 1.807) is 12.3 Å². The van der Waals surface area contributed by atoms with E-state index in [0.717, 1.165) is 15.8 Å². The number of nitrogens with two attached hydrogens (primary N) is 1. The Morgan fingerprint density at radius 2 is 1.76 bits per heavy atom. The zero-order valence-corrected chi connectivity index (χ0v) is 11.3. The minimum atomic E-state index is 0.306. The number of thiocarbonyl (C=S) groups is 1. The average Bonchev–Trinajstić information content (AvgIpc) is 2.33. The van der Waals surface area contributed by atoms with E-state index in [1.165, 1.54) is 0 Å². The van der Waals surface area contributed by atoms with Gasteiger partial charge in [-0.3, -0.25) is 4.98 Å². The third-order valence-corrected chi connectivity index (χ3v) is 2.89. The highest BCUT2D eigenvalue weighted by atomic mass is 79.9. The number of nitrogens with zero attached hydrogens (tertiary/aromatic N) is 1. The first-order valence-corrected chi connectivity index (χ1v) is 6.14. The summed E-state index contributed by atoms with van der Waals surface area (Å²) in [5, 5.41) is 3.23. The van der Waals surface area contributed by atoms with E-state index in [2.05, 4.69) is 26.2 Å². The van der Waals surface area contributed by atoms with Gasteiger partial charge in [0.05, 0.1) is 17.6 Å². The summed E-state index contributed by atoms with van der Waals surface area (Å²) in [5.41, 5.74) is 8.00. The van der Waals surface area contributed by atoms with Gasteiger partial charge in [-0.25, -0.2) is 0 Å². The predicted octanol–water partition coefficient (Wildman–Crippen LogP) is 3.22. The smallest absolute Gasteiger partial charge is 0.122 e. The van der Waals surface area contributed by atoms with Gasteiger partial charge in [0.25, 0.3) is 0 Å². The number of aromatic nitrogens is 1. The molecule has 0 saturated carbocycles. The van der Waals surface area contributed by atoms with E-state index in [0.29, 0.717) is 10.7 Å². The number of halogens is 1. The summed E-state index contributed by atoms with van der Waals surface area (Å²) in [6.07, 6.45) is 1.70. The number of hydrogen-bond acceptors (Lipinski definition) is 3. The standard InChI is InChI=1S/C12H10BrN3S/c13-8-1-3-9(4-2-8)16-10-5-6-11(12(14)17)15-7-10/h1-7,16H,(H2,14,17). The van der Waals surface area contributed by atoms with Gasteiger partial charge >= 0.3 is 0 Å². The maximum Gasteiger partial charge on any atom is 0.122 e. The van der Waals surface area contributed by atoms with Crippen molar-refractivity contribution in [3.63, 3.8) is 0 Å². The van der Waals surface area contributed by atoms with Crippen LogP contribution in [0.15, 0.2) is 47.1 Å². The van der Waals surface area contributed by atoms with Crippen molar-refractivity contribution in [3.05, 3.63) is 52.8 Å². The molecule has 0 atom stereocenters. The molecule has 2 rings (SSSR count). The number of anilines is 2. The Kier molecular flexibility index (Phi) is 3.71. The fourth-order valence-corrected chi connectivity index (χ4v) is 1.70. The van der Waals surface area contributed by atoms with Crippen LogP contribution in [0.25, 0.3) is 0 Å². The van der Waals surface area contributed by atoms with Crippen LogP contribution in [0.1, 0.15) is 5.69 Å². The maximum absolute atomic E-state index is 5.48. The summed E-state index contributed by atoms with van der Waals surface area (Å²) in [4.78, 5) is 4.46. The molecule has 2 aromatic rings. The predicted molar refractivity (Wildman–Crippen MR) is 77.5 cm³/mol. The Bertz CT molecular complexity index is 522. The van der Waals surface area contributed by atoms with Crippen LogP contribution in [0.3, 0.4) is 0 Å². The first kappa shape index (κ1) is 12.0. The van der Waals surface area contributed by atoms with Crippen LogP contribution in [0.4, 0.5) is 11.4 Å². The van der Waals surface area contributed by atoms with Crippen molar-refractivity contribution in [2.45, 2.75) is 0 Å². The molecule has 86 valence electrons. The molecule has 1 aromatic carbocycles. The normalized spacial score (nSPS) is 9.94. The summed E-state index contributed by atoms with van der Waals surface area (Å²) in [7, 11) is 0. The Labute approximate surface area is 113 Å². The lowest BCUT2D eigenvalue weighted by Gasteiger charge is -2.06. The molecule has 3 nitrogen and oxygen atoms in total. The van der Waals surface area contributed by atoms with Crippen molar-refractivity contribution in [1.82, 2.24) is 4.98 Å². The number of benzene rings is 1. The van der Waals surface area contributed by atoms with Gasteiger partial charge in [-0.2, -0.15) is 0 Å². The Morgan fingerprint density at radius 1 is 1.12 bits per heavy atom. The summed E-state index contributed by atoms with van der Waals surface area (Å²) in [6, 6.07) is 11.6. The van der Waals surface area contributed by atoms with Crippen LogP contribution in [0, 0.1) is 0 Å². The molecule has 5 heteroatoms. The highest BCUT2D eigenvalue weighted by Gasteiger charge is 1.99. The van der Waals surface area contributed by atoms with Gasteiger partial charge < -0.3 is 11.1 Å². The summed E-state index contributed by atoms with van der Waals surface area (Å²) < 4.78 is 1.05. The molecule has 0 saturated heterocycles. The number of nitrogens with one attached hydrogen (secondary N) is 1. The SMILES string of the molecule is NC(=S)c1ccc(Nc2ccc(Br)cc2)cn1. The van der Waals surface area contributed by atoms with Crippen LogP contribution in [0.5, 0.6) is 0 Å². The van der Waals surface area contributed by atoms with Crippen LogP contribution >= 0.6 is 28.1 Å². The van der Waals surface area contributed by atoms with Gasteiger partial charge in [-0.05, 0) is 36.4 Å². The summed E-state index contributed by atoms with van der Waals surface area (Å²) in [5.74, 6) is 0. The van der Waals surface area contributed by atoms with Crippen LogP contribution in [-0.4, -0.2) is 9.97 Å². The lowest BCUT2D eigenvalue weighted by atomic mass is 10.3. The average molecular weight is 308 g/mol. The summed E-state index contributed by atoms with van der Waals surface area (Å²) >= 11 is 8.23. The highest BCUT2D eigenvalue weighted by Crippen LogP contribution is 2.18. The zero-order chi connectivity index (χ0) is 12.3. The molecule has 3 N–H and O–H groups in total. The molecule has 0 spiro atoms. The van der Waals surface area contributed by atoms with Gasteiger partial charge in [0.2, 0.25) is 0 Å².